The molecule has 0 spiro atoms. The van der Waals surface area contributed by atoms with Gasteiger partial charge in [0.1, 0.15) is 24.1 Å². The Balaban J connectivity index is 2.33. The molecule has 0 atom stereocenters. The van der Waals surface area contributed by atoms with Gasteiger partial charge in [-0.1, -0.05) is 29.8 Å². The van der Waals surface area contributed by atoms with Crippen LogP contribution >= 0.6 is 11.6 Å². The summed E-state index contributed by atoms with van der Waals surface area (Å²) < 4.78 is 20.9. The van der Waals surface area contributed by atoms with Crippen LogP contribution in [0.5, 0.6) is 0 Å². The van der Waals surface area contributed by atoms with E-state index in [2.05, 4.69) is 6.07 Å². The van der Waals surface area contributed by atoms with Gasteiger partial charge in [-0.05, 0) is 31.2 Å². The van der Waals surface area contributed by atoms with Crippen molar-refractivity contribution in [3.63, 3.8) is 0 Å². The molecule has 0 aliphatic rings. The van der Waals surface area contributed by atoms with Crippen LogP contribution in [0.2, 0.25) is 5.02 Å². The Labute approximate surface area is 149 Å². The summed E-state index contributed by atoms with van der Waals surface area (Å²) in [5.74, 6) is -0.917. The molecular formula is C19H14ClFN2O2. The van der Waals surface area contributed by atoms with E-state index >= 15 is 0 Å². The third kappa shape index (κ3) is 3.09. The van der Waals surface area contributed by atoms with Gasteiger partial charge in [0.15, 0.2) is 0 Å². The van der Waals surface area contributed by atoms with E-state index < -0.39 is 11.8 Å². The average Bonchev–Trinajstić information content (AvgIpc) is 2.88. The van der Waals surface area contributed by atoms with Gasteiger partial charge in [0.2, 0.25) is 0 Å². The van der Waals surface area contributed by atoms with E-state index in [9.17, 15) is 14.4 Å². The van der Waals surface area contributed by atoms with Gasteiger partial charge in [-0.15, -0.1) is 0 Å². The largest absolute Gasteiger partial charge is 0.465 e. The summed E-state index contributed by atoms with van der Waals surface area (Å²) in [6, 6.07) is 13.3. The van der Waals surface area contributed by atoms with E-state index in [4.69, 9.17) is 16.3 Å². The zero-order valence-electron chi connectivity index (χ0n) is 13.4. The summed E-state index contributed by atoms with van der Waals surface area (Å²) in [7, 11) is 0. The van der Waals surface area contributed by atoms with Gasteiger partial charge in [0.05, 0.1) is 12.1 Å². The van der Waals surface area contributed by atoms with Crippen molar-refractivity contribution in [1.29, 1.82) is 5.26 Å². The van der Waals surface area contributed by atoms with E-state index in [1.54, 1.807) is 43.3 Å². The molecule has 1 aromatic heterocycles. The molecule has 4 nitrogen and oxygen atoms in total. The highest BCUT2D eigenvalue weighted by molar-refractivity contribution is 6.31. The smallest absolute Gasteiger partial charge is 0.325 e. The number of nitriles is 1. The molecular weight excluding hydrogens is 343 g/mol. The molecule has 1 heterocycles. The summed E-state index contributed by atoms with van der Waals surface area (Å²) in [5, 5.41) is 10.8. The zero-order chi connectivity index (χ0) is 18.0. The molecule has 0 radical (unpaired) electrons. The first-order valence-electron chi connectivity index (χ1n) is 7.69. The number of hydrogen-bond donors (Lipinski definition) is 0. The SMILES string of the molecule is CCOC(=O)Cn1c(C#N)c(-c2ccccc2F)c2cc(Cl)ccc21. The molecule has 126 valence electrons. The number of rotatable bonds is 4. The second-order valence-corrected chi connectivity index (χ2v) is 5.80. The van der Waals surface area contributed by atoms with Crippen molar-refractivity contribution in [2.75, 3.05) is 6.61 Å². The zero-order valence-corrected chi connectivity index (χ0v) is 14.2. The summed E-state index contributed by atoms with van der Waals surface area (Å²) in [5.41, 5.74) is 1.51. The first kappa shape index (κ1) is 17.0. The molecule has 25 heavy (non-hydrogen) atoms. The number of benzene rings is 2. The third-order valence-electron chi connectivity index (χ3n) is 3.87. The predicted octanol–water partition coefficient (Wildman–Crippen LogP) is 4.54. The second kappa shape index (κ2) is 6.96. The summed E-state index contributed by atoms with van der Waals surface area (Å²) in [4.78, 5) is 12.0. The fourth-order valence-electron chi connectivity index (χ4n) is 2.88. The van der Waals surface area contributed by atoms with Crippen LogP contribution in [0.25, 0.3) is 22.0 Å². The van der Waals surface area contributed by atoms with Gasteiger partial charge in [-0.3, -0.25) is 4.79 Å². The van der Waals surface area contributed by atoms with E-state index in [1.807, 2.05) is 0 Å². The highest BCUT2D eigenvalue weighted by atomic mass is 35.5. The molecule has 3 rings (SSSR count). The molecule has 0 saturated heterocycles. The fraction of sp³-hybridized carbons (Fsp3) is 0.158. The summed E-state index contributed by atoms with van der Waals surface area (Å²) >= 11 is 6.10. The average molecular weight is 357 g/mol. The van der Waals surface area contributed by atoms with Crippen molar-refractivity contribution in [3.8, 4) is 17.2 Å². The molecule has 0 unspecified atom stereocenters. The minimum absolute atomic E-state index is 0.136. The van der Waals surface area contributed by atoms with Crippen LogP contribution in [0.1, 0.15) is 12.6 Å². The van der Waals surface area contributed by atoms with Gasteiger partial charge in [-0.2, -0.15) is 5.26 Å². The Morgan fingerprint density at radius 2 is 2.08 bits per heavy atom. The topological polar surface area (TPSA) is 55.0 Å². The van der Waals surface area contributed by atoms with Gasteiger partial charge in [-0.25, -0.2) is 4.39 Å². The number of aromatic nitrogens is 1. The number of hydrogen-bond acceptors (Lipinski definition) is 3. The third-order valence-corrected chi connectivity index (χ3v) is 4.10. The van der Waals surface area contributed by atoms with Crippen LogP contribution in [0.3, 0.4) is 0 Å². The Hall–Kier alpha value is -2.84. The standard InChI is InChI=1S/C19H14ClFN2O2/c1-2-25-18(24)11-23-16-8-7-12(20)9-14(16)19(17(23)10-22)13-5-3-4-6-15(13)21/h3-9H,2,11H2,1H3. The molecule has 0 bridgehead atoms. The highest BCUT2D eigenvalue weighted by Gasteiger charge is 2.22. The maximum absolute atomic E-state index is 14.4. The number of carbonyl (C=O) groups is 1. The first-order valence-corrected chi connectivity index (χ1v) is 8.07. The lowest BCUT2D eigenvalue weighted by Crippen LogP contribution is -2.14. The van der Waals surface area contributed by atoms with Crippen molar-refractivity contribution < 1.29 is 13.9 Å². The van der Waals surface area contributed by atoms with Gasteiger partial charge < -0.3 is 9.30 Å². The van der Waals surface area contributed by atoms with Crippen LogP contribution < -0.4 is 0 Å². The first-order chi connectivity index (χ1) is 12.1. The lowest BCUT2D eigenvalue weighted by Gasteiger charge is -2.07. The predicted molar refractivity (Wildman–Crippen MR) is 93.7 cm³/mol. The minimum atomic E-state index is -0.467. The number of ether oxygens (including phenoxy) is 1. The molecule has 0 saturated carbocycles. The summed E-state index contributed by atoms with van der Waals surface area (Å²) in [6.07, 6.45) is 0. The minimum Gasteiger partial charge on any atom is -0.465 e. The van der Waals surface area contributed by atoms with Crippen LogP contribution in [0, 0.1) is 17.1 Å². The van der Waals surface area contributed by atoms with E-state index in [1.165, 1.54) is 10.6 Å². The van der Waals surface area contributed by atoms with Crippen LogP contribution in [0.4, 0.5) is 4.39 Å². The molecule has 6 heteroatoms. The van der Waals surface area contributed by atoms with Crippen molar-refractivity contribution in [1.82, 2.24) is 4.57 Å². The summed E-state index contributed by atoms with van der Waals surface area (Å²) in [6.45, 7) is 1.82. The van der Waals surface area contributed by atoms with E-state index in [0.29, 0.717) is 21.5 Å². The Kier molecular flexibility index (Phi) is 4.73. The van der Waals surface area contributed by atoms with Crippen LogP contribution in [0.15, 0.2) is 42.5 Å². The van der Waals surface area contributed by atoms with Crippen molar-refractivity contribution in [2.24, 2.45) is 0 Å². The monoisotopic (exact) mass is 356 g/mol. The Bertz CT molecular complexity index is 1000. The fourth-order valence-corrected chi connectivity index (χ4v) is 3.05. The number of halogens is 2. The second-order valence-electron chi connectivity index (χ2n) is 5.37. The molecule has 0 aliphatic heterocycles. The molecule has 0 amide bonds. The maximum Gasteiger partial charge on any atom is 0.325 e. The lowest BCUT2D eigenvalue weighted by molar-refractivity contribution is -0.143. The van der Waals surface area contributed by atoms with Crippen LogP contribution in [-0.2, 0) is 16.1 Å². The number of nitrogens with zero attached hydrogens (tertiary/aromatic N) is 2. The Morgan fingerprint density at radius 1 is 1.32 bits per heavy atom. The van der Waals surface area contributed by atoms with E-state index in [-0.39, 0.29) is 24.4 Å². The maximum atomic E-state index is 14.4. The van der Waals surface area contributed by atoms with Gasteiger partial charge >= 0.3 is 5.97 Å². The molecule has 3 aromatic rings. The quantitative estimate of drug-likeness (QED) is 0.645. The van der Waals surface area contributed by atoms with Crippen molar-refractivity contribution in [2.45, 2.75) is 13.5 Å². The van der Waals surface area contributed by atoms with Gasteiger partial charge in [0, 0.05) is 21.5 Å². The number of fused-ring (bicyclic) bond motifs is 1. The van der Waals surface area contributed by atoms with Gasteiger partial charge in [0.25, 0.3) is 0 Å². The molecule has 0 fully saturated rings. The number of esters is 1. The van der Waals surface area contributed by atoms with Crippen LogP contribution in [-0.4, -0.2) is 17.1 Å². The lowest BCUT2D eigenvalue weighted by atomic mass is 10.0. The normalized spacial score (nSPS) is 10.6. The van der Waals surface area contributed by atoms with Crippen molar-refractivity contribution in [3.05, 3.63) is 59.0 Å². The molecule has 0 N–H and O–H groups in total. The Morgan fingerprint density at radius 3 is 2.76 bits per heavy atom. The number of carbonyl (C=O) groups excluding carboxylic acids is 1. The highest BCUT2D eigenvalue weighted by Crippen LogP contribution is 2.37. The van der Waals surface area contributed by atoms with E-state index in [0.717, 1.165) is 0 Å². The van der Waals surface area contributed by atoms with Crippen molar-refractivity contribution >= 4 is 28.5 Å². The molecule has 2 aromatic carbocycles. The molecule has 0 aliphatic carbocycles.